The van der Waals surface area contributed by atoms with Crippen LogP contribution in [0.25, 0.3) is 16.0 Å². The molecule has 0 bridgehead atoms. The van der Waals surface area contributed by atoms with E-state index in [1.807, 2.05) is 42.5 Å². The first-order valence-corrected chi connectivity index (χ1v) is 12.7. The fourth-order valence-electron chi connectivity index (χ4n) is 5.27. The molecule has 3 aromatic carbocycles. The second-order valence-corrected chi connectivity index (χ2v) is 10.8. The molecule has 0 aromatic heterocycles. The van der Waals surface area contributed by atoms with Gasteiger partial charge in [-0.3, -0.25) is 9.74 Å². The number of fused-ring (bicyclic) bond motifs is 4. The van der Waals surface area contributed by atoms with Gasteiger partial charge in [0.15, 0.2) is 6.04 Å². The van der Waals surface area contributed by atoms with Gasteiger partial charge in [0.05, 0.1) is 13.7 Å². The lowest BCUT2D eigenvalue weighted by atomic mass is 9.98. The number of ether oxygens (including phenoxy) is 2. The minimum Gasteiger partial charge on any atom is -0.467 e. The third-order valence-electron chi connectivity index (χ3n) is 7.25. The SMILES string of the molecule is [C-]#[N+]C1(Sc2ccc3c(c2)CN(C(=O)OCC2c4ccccc4-c4ccccc42)C3C(=O)OC)CC1. The van der Waals surface area contributed by atoms with Crippen LogP contribution in [0.5, 0.6) is 0 Å². The molecular formula is C29H24N2O4S. The number of carbonyl (C=O) groups is 2. The van der Waals surface area contributed by atoms with Gasteiger partial charge in [0, 0.05) is 23.7 Å². The van der Waals surface area contributed by atoms with Gasteiger partial charge in [-0.15, -0.1) is 0 Å². The predicted octanol–water partition coefficient (Wildman–Crippen LogP) is 6.17. The van der Waals surface area contributed by atoms with Gasteiger partial charge >= 0.3 is 12.1 Å². The molecule has 0 N–H and O–H groups in total. The average molecular weight is 497 g/mol. The minimum atomic E-state index is -0.851. The number of carbonyl (C=O) groups excluding carboxylic acids is 2. The molecule has 36 heavy (non-hydrogen) atoms. The first kappa shape index (κ1) is 22.7. The fraction of sp³-hybridized carbons (Fsp3) is 0.276. The van der Waals surface area contributed by atoms with Crippen LogP contribution in [0.1, 0.15) is 47.1 Å². The number of thioether (sulfide) groups is 1. The molecule has 1 amide bonds. The molecule has 0 saturated heterocycles. The van der Waals surface area contributed by atoms with E-state index < -0.39 is 18.1 Å². The molecule has 1 aliphatic heterocycles. The summed E-state index contributed by atoms with van der Waals surface area (Å²) in [6.07, 6.45) is 1.22. The van der Waals surface area contributed by atoms with Gasteiger partial charge < -0.3 is 9.47 Å². The molecule has 1 atom stereocenters. The maximum absolute atomic E-state index is 13.3. The highest BCUT2D eigenvalue weighted by Crippen LogP contribution is 2.53. The van der Waals surface area contributed by atoms with Crippen molar-refractivity contribution in [1.82, 2.24) is 4.90 Å². The molecule has 180 valence electrons. The summed E-state index contributed by atoms with van der Waals surface area (Å²) in [5, 5.41) is 0. The molecule has 3 aliphatic rings. The van der Waals surface area contributed by atoms with Crippen molar-refractivity contribution in [2.24, 2.45) is 0 Å². The lowest BCUT2D eigenvalue weighted by molar-refractivity contribution is -0.146. The topological polar surface area (TPSA) is 60.2 Å². The quantitative estimate of drug-likeness (QED) is 0.312. The van der Waals surface area contributed by atoms with Crippen LogP contribution in [0.4, 0.5) is 4.79 Å². The first-order valence-electron chi connectivity index (χ1n) is 11.9. The van der Waals surface area contributed by atoms with Crippen LogP contribution in [0.3, 0.4) is 0 Å². The van der Waals surface area contributed by atoms with E-state index in [0.717, 1.165) is 51.1 Å². The van der Waals surface area contributed by atoms with Crippen molar-refractivity contribution in [3.8, 4) is 11.1 Å². The van der Waals surface area contributed by atoms with Crippen molar-refractivity contribution in [2.75, 3.05) is 13.7 Å². The Morgan fingerprint density at radius 1 is 1.03 bits per heavy atom. The van der Waals surface area contributed by atoms with E-state index in [1.165, 1.54) is 12.0 Å². The summed E-state index contributed by atoms with van der Waals surface area (Å²) in [7, 11) is 1.33. The number of benzene rings is 3. The van der Waals surface area contributed by atoms with Gasteiger partial charge in [0.25, 0.3) is 4.87 Å². The van der Waals surface area contributed by atoms with Crippen LogP contribution in [-0.2, 0) is 20.8 Å². The molecule has 1 fully saturated rings. The van der Waals surface area contributed by atoms with Crippen molar-refractivity contribution in [1.29, 1.82) is 0 Å². The number of hydrogen-bond acceptors (Lipinski definition) is 5. The highest BCUT2D eigenvalue weighted by atomic mass is 32.2. The lowest BCUT2D eigenvalue weighted by Gasteiger charge is -2.24. The number of methoxy groups -OCH3 is 1. The van der Waals surface area contributed by atoms with Gasteiger partial charge in [-0.2, -0.15) is 0 Å². The normalized spacial score (nSPS) is 18.6. The second-order valence-electron chi connectivity index (χ2n) is 9.38. The maximum Gasteiger partial charge on any atom is 0.411 e. The molecule has 1 heterocycles. The van der Waals surface area contributed by atoms with Crippen LogP contribution >= 0.6 is 11.8 Å². The van der Waals surface area contributed by atoms with Crippen molar-refractivity contribution in [3.05, 3.63) is 100 Å². The van der Waals surface area contributed by atoms with Gasteiger partial charge in [-0.1, -0.05) is 54.6 Å². The summed E-state index contributed by atoms with van der Waals surface area (Å²) >= 11 is 1.56. The number of rotatable bonds is 5. The smallest absolute Gasteiger partial charge is 0.411 e. The zero-order valence-corrected chi connectivity index (χ0v) is 20.6. The summed E-state index contributed by atoms with van der Waals surface area (Å²) in [6.45, 7) is 7.89. The highest BCUT2D eigenvalue weighted by Gasteiger charge is 2.52. The minimum absolute atomic E-state index is 0.0609. The van der Waals surface area contributed by atoms with Crippen LogP contribution in [-0.4, -0.2) is 35.6 Å². The third kappa shape index (κ3) is 3.73. The van der Waals surface area contributed by atoms with Crippen LogP contribution in [0.2, 0.25) is 0 Å². The van der Waals surface area contributed by atoms with E-state index in [2.05, 4.69) is 29.1 Å². The lowest BCUT2D eigenvalue weighted by Crippen LogP contribution is -2.35. The summed E-state index contributed by atoms with van der Waals surface area (Å²) in [6, 6.07) is 21.3. The van der Waals surface area contributed by atoms with Crippen molar-refractivity contribution in [2.45, 2.75) is 41.1 Å². The van der Waals surface area contributed by atoms with Crippen LogP contribution < -0.4 is 0 Å². The van der Waals surface area contributed by atoms with E-state index >= 15 is 0 Å². The molecule has 3 aromatic rings. The van der Waals surface area contributed by atoms with Gasteiger partial charge in [0.1, 0.15) is 6.61 Å². The van der Waals surface area contributed by atoms with Crippen molar-refractivity contribution < 1.29 is 19.1 Å². The Morgan fingerprint density at radius 2 is 1.69 bits per heavy atom. The predicted molar refractivity (Wildman–Crippen MR) is 136 cm³/mol. The zero-order chi connectivity index (χ0) is 24.9. The van der Waals surface area contributed by atoms with Crippen LogP contribution in [0, 0.1) is 6.57 Å². The summed E-state index contributed by atoms with van der Waals surface area (Å²) in [5.41, 5.74) is 6.21. The molecule has 1 unspecified atom stereocenters. The Labute approximate surface area is 214 Å². The zero-order valence-electron chi connectivity index (χ0n) is 19.8. The Balaban J connectivity index is 1.23. The number of amides is 1. The number of nitrogens with zero attached hydrogens (tertiary/aromatic N) is 2. The average Bonchev–Trinajstić information content (AvgIpc) is 3.47. The van der Waals surface area contributed by atoms with E-state index in [-0.39, 0.29) is 23.9 Å². The summed E-state index contributed by atoms with van der Waals surface area (Å²) < 4.78 is 10.9. The number of hydrogen-bond donors (Lipinski definition) is 0. The Hall–Kier alpha value is -3.76. The summed E-state index contributed by atoms with van der Waals surface area (Å²) in [4.78, 5) is 31.9. The molecule has 7 heteroatoms. The first-order chi connectivity index (χ1) is 17.5. The second kappa shape index (κ2) is 8.72. The summed E-state index contributed by atoms with van der Waals surface area (Å²) in [5.74, 6) is -0.559. The largest absolute Gasteiger partial charge is 0.467 e. The van der Waals surface area contributed by atoms with E-state index in [4.69, 9.17) is 16.0 Å². The standard InChI is InChI=1S/C29H24N2O4S/c1-30-29(13-14-29)36-19-11-12-20-18(15-19)16-31(26(20)27(32)34-2)28(33)35-17-25-23-9-5-3-7-21(23)22-8-4-6-10-24(22)25/h3-12,15,25-26H,13-14,16-17H2,2H3. The molecule has 0 radical (unpaired) electrons. The monoisotopic (exact) mass is 496 g/mol. The van der Waals surface area contributed by atoms with Crippen LogP contribution in [0.15, 0.2) is 71.6 Å². The molecule has 6 nitrogen and oxygen atoms in total. The van der Waals surface area contributed by atoms with E-state index in [1.54, 1.807) is 11.8 Å². The molecule has 6 rings (SSSR count). The Bertz CT molecular complexity index is 1380. The van der Waals surface area contributed by atoms with E-state index in [9.17, 15) is 9.59 Å². The maximum atomic E-state index is 13.3. The van der Waals surface area contributed by atoms with Gasteiger partial charge in [0.2, 0.25) is 0 Å². The van der Waals surface area contributed by atoms with Crippen molar-refractivity contribution in [3.63, 3.8) is 0 Å². The Kier molecular flexibility index (Phi) is 5.50. The fourth-order valence-corrected chi connectivity index (χ4v) is 6.40. The Morgan fingerprint density at radius 3 is 2.31 bits per heavy atom. The van der Waals surface area contributed by atoms with E-state index in [0.29, 0.717) is 0 Å². The third-order valence-corrected chi connectivity index (χ3v) is 8.61. The molecule has 0 spiro atoms. The number of esters is 1. The van der Waals surface area contributed by atoms with Gasteiger partial charge in [-0.05, 0) is 57.3 Å². The molecule has 1 saturated carbocycles. The highest BCUT2D eigenvalue weighted by molar-refractivity contribution is 8.01. The molecular weight excluding hydrogens is 472 g/mol. The molecule has 2 aliphatic carbocycles. The van der Waals surface area contributed by atoms with Crippen molar-refractivity contribution >= 4 is 23.8 Å². The van der Waals surface area contributed by atoms with Gasteiger partial charge in [-0.25, -0.2) is 16.2 Å².